The van der Waals surface area contributed by atoms with Crippen LogP contribution in [-0.4, -0.2) is 10.9 Å². The summed E-state index contributed by atoms with van der Waals surface area (Å²) in [4.78, 5) is 4.62. The van der Waals surface area contributed by atoms with Crippen LogP contribution in [0.3, 0.4) is 0 Å². The number of aliphatic imine (C=N–C) groups is 1. The van der Waals surface area contributed by atoms with Crippen LogP contribution in [0, 0.1) is 0 Å². The minimum absolute atomic E-state index is 0.425. The van der Waals surface area contributed by atoms with Crippen molar-refractivity contribution in [3.05, 3.63) is 71.2 Å². The molecule has 23 heavy (non-hydrogen) atoms. The summed E-state index contributed by atoms with van der Waals surface area (Å²) in [6, 6.07) is 15.7. The fraction of sp³-hybridized carbons (Fsp3) is 0.167. The molecule has 0 saturated carbocycles. The van der Waals surface area contributed by atoms with E-state index in [1.807, 2.05) is 54.6 Å². The Kier molecular flexibility index (Phi) is 4.78. The van der Waals surface area contributed by atoms with Crippen molar-refractivity contribution in [2.75, 3.05) is 5.75 Å². The molecular weight excluding hydrogens is 372 g/mol. The number of thioether (sulfide) groups is 1. The molecule has 1 atom stereocenters. The highest BCUT2D eigenvalue weighted by Gasteiger charge is 2.31. The summed E-state index contributed by atoms with van der Waals surface area (Å²) in [5, 5.41) is 0.617. The fourth-order valence-corrected chi connectivity index (χ4v) is 3.63. The molecule has 1 heterocycles. The third-order valence-electron chi connectivity index (χ3n) is 3.78. The monoisotopic (exact) mass is 388 g/mol. The highest BCUT2D eigenvalue weighted by molar-refractivity contribution is 9.10. The van der Waals surface area contributed by atoms with Crippen molar-refractivity contribution in [3.63, 3.8) is 0 Å². The number of rotatable bonds is 4. The van der Waals surface area contributed by atoms with Crippen LogP contribution in [0.5, 0.6) is 11.5 Å². The van der Waals surface area contributed by atoms with Gasteiger partial charge in [0.05, 0.1) is 0 Å². The molecule has 0 amide bonds. The smallest absolute Gasteiger partial charge is 0.155 e. The molecule has 0 fully saturated rings. The van der Waals surface area contributed by atoms with E-state index in [0.29, 0.717) is 5.17 Å². The molecule has 0 saturated heterocycles. The van der Waals surface area contributed by atoms with E-state index >= 15 is 0 Å². The molecule has 3 rings (SSSR count). The van der Waals surface area contributed by atoms with Gasteiger partial charge < -0.3 is 10.5 Å². The Hall–Kier alpha value is -1.72. The number of amidine groups is 1. The molecule has 5 heteroatoms. The highest BCUT2D eigenvalue weighted by atomic mass is 79.9. The summed E-state index contributed by atoms with van der Waals surface area (Å²) in [5.74, 6) is 2.53. The molecule has 0 radical (unpaired) electrons. The lowest BCUT2D eigenvalue weighted by Gasteiger charge is -2.30. The summed E-state index contributed by atoms with van der Waals surface area (Å²) in [6.07, 6.45) is 2.78. The molecule has 2 aromatic carbocycles. The Bertz CT molecular complexity index is 728. The predicted octanol–water partition coefficient (Wildman–Crippen LogP) is 5.07. The topological polar surface area (TPSA) is 47.6 Å². The molecule has 1 unspecified atom stereocenters. The largest absolute Gasteiger partial charge is 0.457 e. The normalized spacial score (nSPS) is 20.7. The van der Waals surface area contributed by atoms with Gasteiger partial charge in [-0.25, -0.2) is 4.99 Å². The Morgan fingerprint density at radius 2 is 1.74 bits per heavy atom. The van der Waals surface area contributed by atoms with E-state index in [-0.39, 0.29) is 0 Å². The molecule has 1 aliphatic heterocycles. The maximum absolute atomic E-state index is 5.90. The predicted molar refractivity (Wildman–Crippen MR) is 101 cm³/mol. The lowest BCUT2D eigenvalue weighted by molar-refractivity contribution is 0.480. The molecule has 0 bridgehead atoms. The molecule has 0 spiro atoms. The highest BCUT2D eigenvalue weighted by Crippen LogP contribution is 2.37. The van der Waals surface area contributed by atoms with Crippen LogP contribution in [0.15, 0.2) is 70.7 Å². The van der Waals surface area contributed by atoms with Crippen LogP contribution in [-0.2, 0) is 5.54 Å². The summed E-state index contributed by atoms with van der Waals surface area (Å²) in [6.45, 7) is 3.96. The van der Waals surface area contributed by atoms with Gasteiger partial charge in [-0.3, -0.25) is 0 Å². The van der Waals surface area contributed by atoms with Gasteiger partial charge in [0.15, 0.2) is 5.17 Å². The van der Waals surface area contributed by atoms with Crippen LogP contribution in [0.1, 0.15) is 12.0 Å². The molecule has 2 aromatic rings. The van der Waals surface area contributed by atoms with Gasteiger partial charge in [0.25, 0.3) is 0 Å². The van der Waals surface area contributed by atoms with Crippen molar-refractivity contribution in [1.82, 2.24) is 0 Å². The van der Waals surface area contributed by atoms with Crippen LogP contribution in [0.4, 0.5) is 0 Å². The van der Waals surface area contributed by atoms with Crippen molar-refractivity contribution in [3.8, 4) is 11.5 Å². The molecule has 0 aromatic heterocycles. The summed E-state index contributed by atoms with van der Waals surface area (Å²) >= 11 is 5.00. The van der Waals surface area contributed by atoms with Crippen molar-refractivity contribution in [2.45, 2.75) is 12.0 Å². The number of hydrogen-bond acceptors (Lipinski definition) is 4. The lowest BCUT2D eigenvalue weighted by atomic mass is 9.88. The van der Waals surface area contributed by atoms with E-state index in [9.17, 15) is 0 Å². The summed E-state index contributed by atoms with van der Waals surface area (Å²) in [7, 11) is 0. The van der Waals surface area contributed by atoms with Crippen molar-refractivity contribution in [1.29, 1.82) is 0 Å². The van der Waals surface area contributed by atoms with Crippen molar-refractivity contribution >= 4 is 32.9 Å². The Balaban J connectivity index is 1.82. The fourth-order valence-electron chi connectivity index (χ4n) is 2.52. The van der Waals surface area contributed by atoms with Gasteiger partial charge in [-0.1, -0.05) is 45.9 Å². The van der Waals surface area contributed by atoms with Crippen LogP contribution < -0.4 is 10.5 Å². The number of halogens is 1. The van der Waals surface area contributed by atoms with Crippen LogP contribution in [0.2, 0.25) is 0 Å². The average Bonchev–Trinajstić information content (AvgIpc) is 2.57. The second-order valence-electron chi connectivity index (χ2n) is 5.26. The second-order valence-corrected chi connectivity index (χ2v) is 7.29. The molecular formula is C18H17BrN2OS. The number of benzene rings is 2. The van der Waals surface area contributed by atoms with Gasteiger partial charge in [-0.2, -0.15) is 0 Å². The first-order chi connectivity index (χ1) is 11.1. The van der Waals surface area contributed by atoms with E-state index in [1.54, 1.807) is 11.8 Å². The number of ether oxygens (including phenoxy) is 1. The minimum atomic E-state index is -0.425. The van der Waals surface area contributed by atoms with Gasteiger partial charge in [-0.15, -0.1) is 6.58 Å². The maximum atomic E-state index is 5.90. The number of nitrogens with two attached hydrogens (primary N) is 1. The van der Waals surface area contributed by atoms with Gasteiger partial charge in [0.1, 0.15) is 17.0 Å². The van der Waals surface area contributed by atoms with Gasteiger partial charge in [0, 0.05) is 10.2 Å². The first-order valence-electron chi connectivity index (χ1n) is 7.27. The first kappa shape index (κ1) is 16.1. The van der Waals surface area contributed by atoms with Gasteiger partial charge >= 0.3 is 0 Å². The zero-order valence-corrected chi connectivity index (χ0v) is 14.9. The molecule has 2 N–H and O–H groups in total. The Labute approximate surface area is 148 Å². The maximum Gasteiger partial charge on any atom is 0.155 e. The van der Waals surface area contributed by atoms with Gasteiger partial charge in [0.2, 0.25) is 0 Å². The number of nitrogens with zero attached hydrogens (tertiary/aromatic N) is 1. The molecule has 3 nitrogen and oxygen atoms in total. The van der Waals surface area contributed by atoms with Crippen molar-refractivity contribution < 1.29 is 4.74 Å². The molecule has 1 aliphatic rings. The van der Waals surface area contributed by atoms with E-state index < -0.39 is 5.54 Å². The summed E-state index contributed by atoms with van der Waals surface area (Å²) < 4.78 is 6.88. The quantitative estimate of drug-likeness (QED) is 0.743. The molecule has 0 aliphatic carbocycles. The third kappa shape index (κ3) is 3.62. The molecule has 118 valence electrons. The van der Waals surface area contributed by atoms with Crippen LogP contribution >= 0.6 is 27.7 Å². The van der Waals surface area contributed by atoms with Gasteiger partial charge in [-0.05, 0) is 48.4 Å². The van der Waals surface area contributed by atoms with E-state index in [1.165, 1.54) is 0 Å². The zero-order valence-electron chi connectivity index (χ0n) is 12.5. The van der Waals surface area contributed by atoms with E-state index in [4.69, 9.17) is 10.5 Å². The van der Waals surface area contributed by atoms with Crippen LogP contribution in [0.25, 0.3) is 0 Å². The third-order valence-corrected chi connectivity index (χ3v) is 5.11. The second kappa shape index (κ2) is 6.81. The average molecular weight is 389 g/mol. The first-order valence-corrected chi connectivity index (χ1v) is 9.05. The lowest BCUT2D eigenvalue weighted by Crippen LogP contribution is -2.29. The van der Waals surface area contributed by atoms with Crippen molar-refractivity contribution in [2.24, 2.45) is 10.7 Å². The SMILES string of the molecule is C=CC1(c2ccc(Oc3ccc(Br)cc3)cc2)CCSC(N)=N1. The Morgan fingerprint density at radius 1 is 1.13 bits per heavy atom. The summed E-state index contributed by atoms with van der Waals surface area (Å²) in [5.41, 5.74) is 6.56. The van der Waals surface area contributed by atoms with E-state index in [2.05, 4.69) is 27.5 Å². The zero-order chi connectivity index (χ0) is 16.3. The van der Waals surface area contributed by atoms with E-state index in [0.717, 1.165) is 33.7 Å². The standard InChI is InChI=1S/C18H17BrN2OS/c1-2-18(11-12-23-17(20)21-18)13-3-7-15(8-4-13)22-16-9-5-14(19)6-10-16/h2-10H,1,11-12H2,(H2,20,21). The minimum Gasteiger partial charge on any atom is -0.457 e. The Morgan fingerprint density at radius 3 is 2.30 bits per heavy atom. The number of hydrogen-bond donors (Lipinski definition) is 1.